The summed E-state index contributed by atoms with van der Waals surface area (Å²) in [7, 11) is 0. The summed E-state index contributed by atoms with van der Waals surface area (Å²) in [6, 6.07) is 1.66. The number of ether oxygens (including phenoxy) is 2. The highest BCUT2D eigenvalue weighted by atomic mass is 16.6. The minimum Gasteiger partial charge on any atom is -0.493 e. The number of piperidine rings is 1. The van der Waals surface area contributed by atoms with Crippen LogP contribution < -0.4 is 0 Å². The van der Waals surface area contributed by atoms with Crippen molar-refractivity contribution in [3.05, 3.63) is 23.0 Å². The number of hydrogen-bond acceptors (Lipinski definition) is 6. The van der Waals surface area contributed by atoms with Gasteiger partial charge in [0.05, 0.1) is 36.2 Å². The molecule has 0 spiro atoms. The maximum atomic E-state index is 12.6. The molecule has 26 heavy (non-hydrogen) atoms. The largest absolute Gasteiger partial charge is 0.493 e. The van der Waals surface area contributed by atoms with Crippen LogP contribution in [0.5, 0.6) is 5.88 Å². The molecule has 8 nitrogen and oxygen atoms in total. The van der Waals surface area contributed by atoms with Crippen LogP contribution in [0, 0.1) is 0 Å². The first-order valence-electron chi connectivity index (χ1n) is 9.01. The molecule has 1 atom stereocenters. The lowest BCUT2D eigenvalue weighted by Gasteiger charge is -2.35. The van der Waals surface area contributed by atoms with E-state index in [1.807, 2.05) is 26.8 Å². The van der Waals surface area contributed by atoms with Crippen molar-refractivity contribution in [2.45, 2.75) is 64.9 Å². The van der Waals surface area contributed by atoms with E-state index in [9.17, 15) is 9.90 Å². The minimum atomic E-state index is -0.543. The van der Waals surface area contributed by atoms with E-state index in [1.54, 1.807) is 4.90 Å². The van der Waals surface area contributed by atoms with Gasteiger partial charge in [0.1, 0.15) is 5.60 Å². The van der Waals surface area contributed by atoms with Crippen LogP contribution in [0.4, 0.5) is 4.79 Å². The fourth-order valence-corrected chi connectivity index (χ4v) is 3.55. The Labute approximate surface area is 151 Å². The van der Waals surface area contributed by atoms with Crippen LogP contribution in [0.2, 0.25) is 0 Å². The van der Waals surface area contributed by atoms with Gasteiger partial charge >= 0.3 is 6.09 Å². The zero-order valence-corrected chi connectivity index (χ0v) is 15.4. The highest BCUT2D eigenvalue weighted by Crippen LogP contribution is 2.34. The second-order valence-corrected chi connectivity index (χ2v) is 7.88. The van der Waals surface area contributed by atoms with Crippen LogP contribution in [0.1, 0.15) is 63.0 Å². The predicted molar refractivity (Wildman–Crippen MR) is 92.7 cm³/mol. The molecule has 0 saturated carbocycles. The SMILES string of the molecule is CC(C)(C)OC(=O)N1CCCCC1c1cc2nc3c(c(O)n2n1)COC3. The molecule has 8 heteroatoms. The number of carbonyl (C=O) groups is 1. The second-order valence-electron chi connectivity index (χ2n) is 7.88. The molecule has 0 aliphatic carbocycles. The van der Waals surface area contributed by atoms with E-state index in [2.05, 4.69) is 10.1 Å². The van der Waals surface area contributed by atoms with Crippen molar-refractivity contribution >= 4 is 11.7 Å². The zero-order valence-electron chi connectivity index (χ0n) is 15.4. The summed E-state index contributed by atoms with van der Waals surface area (Å²) in [6.45, 7) is 6.96. The molecule has 140 valence electrons. The highest BCUT2D eigenvalue weighted by molar-refractivity contribution is 5.69. The molecule has 0 aromatic carbocycles. The minimum absolute atomic E-state index is 0.0633. The summed E-state index contributed by atoms with van der Waals surface area (Å²) >= 11 is 0. The molecule has 1 unspecified atom stereocenters. The van der Waals surface area contributed by atoms with Gasteiger partial charge in [0.25, 0.3) is 0 Å². The van der Waals surface area contributed by atoms with E-state index in [1.165, 1.54) is 4.52 Å². The van der Waals surface area contributed by atoms with E-state index in [0.29, 0.717) is 31.0 Å². The van der Waals surface area contributed by atoms with E-state index in [-0.39, 0.29) is 18.0 Å². The van der Waals surface area contributed by atoms with Crippen molar-refractivity contribution in [3.8, 4) is 5.88 Å². The number of aromatic nitrogens is 3. The maximum absolute atomic E-state index is 12.6. The first-order valence-corrected chi connectivity index (χ1v) is 9.01. The molecule has 2 aromatic rings. The Morgan fingerprint density at radius 3 is 2.92 bits per heavy atom. The molecular weight excluding hydrogens is 336 g/mol. The van der Waals surface area contributed by atoms with Crippen molar-refractivity contribution in [1.82, 2.24) is 19.5 Å². The van der Waals surface area contributed by atoms with Crippen molar-refractivity contribution in [1.29, 1.82) is 0 Å². The lowest BCUT2D eigenvalue weighted by Crippen LogP contribution is -2.42. The summed E-state index contributed by atoms with van der Waals surface area (Å²) in [4.78, 5) is 18.9. The number of rotatable bonds is 1. The molecule has 4 heterocycles. The van der Waals surface area contributed by atoms with Gasteiger partial charge in [-0.15, -0.1) is 0 Å². The van der Waals surface area contributed by atoms with Gasteiger partial charge in [0.15, 0.2) is 5.65 Å². The van der Waals surface area contributed by atoms with Gasteiger partial charge < -0.3 is 14.6 Å². The molecule has 4 rings (SSSR count). The number of aromatic hydroxyl groups is 1. The lowest BCUT2D eigenvalue weighted by atomic mass is 10.00. The Hall–Kier alpha value is -2.35. The van der Waals surface area contributed by atoms with E-state index < -0.39 is 5.60 Å². The van der Waals surface area contributed by atoms with Crippen molar-refractivity contribution in [2.24, 2.45) is 0 Å². The van der Waals surface area contributed by atoms with E-state index >= 15 is 0 Å². The van der Waals surface area contributed by atoms with Crippen LogP contribution in [0.3, 0.4) is 0 Å². The van der Waals surface area contributed by atoms with Gasteiger partial charge in [-0.05, 0) is 40.0 Å². The summed E-state index contributed by atoms with van der Waals surface area (Å²) in [5.74, 6) is 0.0633. The number of likely N-dealkylation sites (tertiary alicyclic amines) is 1. The van der Waals surface area contributed by atoms with Gasteiger partial charge in [-0.25, -0.2) is 9.78 Å². The Morgan fingerprint density at radius 1 is 1.35 bits per heavy atom. The number of fused-ring (bicyclic) bond motifs is 2. The highest BCUT2D eigenvalue weighted by Gasteiger charge is 2.33. The molecule has 0 radical (unpaired) electrons. The van der Waals surface area contributed by atoms with Gasteiger partial charge in [-0.1, -0.05) is 0 Å². The Morgan fingerprint density at radius 2 is 2.15 bits per heavy atom. The van der Waals surface area contributed by atoms with Crippen LogP contribution in [0.15, 0.2) is 6.07 Å². The normalized spacial score (nSPS) is 20.4. The third-order valence-electron chi connectivity index (χ3n) is 4.74. The number of carbonyl (C=O) groups excluding carboxylic acids is 1. The molecule has 1 N–H and O–H groups in total. The third kappa shape index (κ3) is 2.98. The monoisotopic (exact) mass is 360 g/mol. The van der Waals surface area contributed by atoms with Crippen LogP contribution in [-0.4, -0.2) is 42.8 Å². The Kier molecular flexibility index (Phi) is 4.02. The molecule has 0 bridgehead atoms. The molecule has 2 aliphatic rings. The quantitative estimate of drug-likeness (QED) is 0.841. The summed E-state index contributed by atoms with van der Waals surface area (Å²) in [5.41, 5.74) is 2.17. The summed E-state index contributed by atoms with van der Waals surface area (Å²) in [5, 5.41) is 15.0. The summed E-state index contributed by atoms with van der Waals surface area (Å²) in [6.07, 6.45) is 2.44. The van der Waals surface area contributed by atoms with E-state index in [4.69, 9.17) is 9.47 Å². The predicted octanol–water partition coefficient (Wildman–Crippen LogP) is 2.93. The van der Waals surface area contributed by atoms with Gasteiger partial charge in [0, 0.05) is 12.6 Å². The number of amides is 1. The van der Waals surface area contributed by atoms with Crippen LogP contribution in [-0.2, 0) is 22.7 Å². The fraction of sp³-hybridized carbons (Fsp3) is 0.611. The first-order chi connectivity index (χ1) is 12.3. The third-order valence-corrected chi connectivity index (χ3v) is 4.74. The van der Waals surface area contributed by atoms with Crippen LogP contribution in [0.25, 0.3) is 5.65 Å². The molecule has 1 fully saturated rings. The number of nitrogens with zero attached hydrogens (tertiary/aromatic N) is 4. The van der Waals surface area contributed by atoms with Gasteiger partial charge in [0.2, 0.25) is 5.88 Å². The maximum Gasteiger partial charge on any atom is 0.410 e. The molecular formula is C18H24N4O4. The average molecular weight is 360 g/mol. The number of hydrogen-bond donors (Lipinski definition) is 1. The van der Waals surface area contributed by atoms with Gasteiger partial charge in [-0.3, -0.25) is 4.90 Å². The molecule has 2 aromatic heterocycles. The molecule has 2 aliphatic heterocycles. The van der Waals surface area contributed by atoms with Crippen LogP contribution >= 0.6 is 0 Å². The molecule has 1 amide bonds. The van der Waals surface area contributed by atoms with Crippen molar-refractivity contribution < 1.29 is 19.4 Å². The first kappa shape index (κ1) is 17.1. The average Bonchev–Trinajstić information content (AvgIpc) is 3.20. The Bertz CT molecular complexity index is 855. The standard InChI is InChI=1S/C18H24N4O4/c1-18(2,3)26-17(24)21-7-5-4-6-14(21)12-8-15-19-13-10-25-9-11(13)16(23)22(15)20-12/h8,14,23H,4-7,9-10H2,1-3H3. The lowest BCUT2D eigenvalue weighted by molar-refractivity contribution is 0.00897. The van der Waals surface area contributed by atoms with Gasteiger partial charge in [-0.2, -0.15) is 9.61 Å². The van der Waals surface area contributed by atoms with Crippen molar-refractivity contribution in [2.75, 3.05) is 6.54 Å². The molecule has 1 saturated heterocycles. The topological polar surface area (TPSA) is 89.2 Å². The Balaban J connectivity index is 1.68. The van der Waals surface area contributed by atoms with Crippen molar-refractivity contribution in [3.63, 3.8) is 0 Å². The second kappa shape index (κ2) is 6.12. The zero-order chi connectivity index (χ0) is 18.5. The van der Waals surface area contributed by atoms with E-state index in [0.717, 1.165) is 30.7 Å². The smallest absolute Gasteiger partial charge is 0.410 e. The summed E-state index contributed by atoms with van der Waals surface area (Å²) < 4.78 is 12.3. The fourth-order valence-electron chi connectivity index (χ4n) is 3.55.